The first kappa shape index (κ1) is 14.9. The number of carbonyl (C=O) groups excluding carboxylic acids is 1. The van der Waals surface area contributed by atoms with Crippen LogP contribution in [0.3, 0.4) is 0 Å². The Kier molecular flexibility index (Phi) is 3.98. The van der Waals surface area contributed by atoms with E-state index in [4.69, 9.17) is 4.98 Å². The van der Waals surface area contributed by atoms with Crippen molar-refractivity contribution in [1.29, 1.82) is 0 Å². The zero-order chi connectivity index (χ0) is 14.3. The van der Waals surface area contributed by atoms with Gasteiger partial charge in [0, 0.05) is 29.0 Å². The number of rotatable bonds is 2. The molecule has 0 radical (unpaired) electrons. The first-order chi connectivity index (χ1) is 8.73. The maximum absolute atomic E-state index is 11.2. The zero-order valence-corrected chi connectivity index (χ0v) is 14.0. The molecule has 2 rings (SSSR count). The van der Waals surface area contributed by atoms with Crippen LogP contribution in [0.25, 0.3) is 0 Å². The maximum atomic E-state index is 11.2. The van der Waals surface area contributed by atoms with Gasteiger partial charge in [-0.15, -0.1) is 0 Å². The third-order valence-corrected chi connectivity index (χ3v) is 5.49. The average molecular weight is 298 g/mol. The van der Waals surface area contributed by atoms with Gasteiger partial charge in [0.15, 0.2) is 11.4 Å². The fourth-order valence-electron chi connectivity index (χ4n) is 2.25. The molecule has 1 aliphatic heterocycles. The second-order valence-electron chi connectivity index (χ2n) is 6.61. The molecule has 0 N–H and O–H groups in total. The third-order valence-electron chi connectivity index (χ3n) is 3.16. The van der Waals surface area contributed by atoms with Crippen LogP contribution in [0, 0.1) is 0 Å². The number of aldehydes is 1. The highest BCUT2D eigenvalue weighted by Crippen LogP contribution is 2.37. The molecule has 1 aromatic rings. The van der Waals surface area contributed by atoms with Crippen molar-refractivity contribution in [1.82, 2.24) is 4.98 Å². The van der Waals surface area contributed by atoms with E-state index in [0.717, 1.165) is 40.8 Å². The molecule has 1 fully saturated rings. The van der Waals surface area contributed by atoms with Crippen molar-refractivity contribution in [3.05, 3.63) is 10.6 Å². The number of aromatic nitrogens is 1. The van der Waals surface area contributed by atoms with Gasteiger partial charge in [0.2, 0.25) is 0 Å². The summed E-state index contributed by atoms with van der Waals surface area (Å²) in [4.78, 5) is 19.1. The lowest BCUT2D eigenvalue weighted by Crippen LogP contribution is -2.43. The second kappa shape index (κ2) is 5.09. The van der Waals surface area contributed by atoms with E-state index in [1.54, 1.807) is 0 Å². The van der Waals surface area contributed by atoms with Crippen molar-refractivity contribution in [2.45, 2.75) is 44.8 Å². The summed E-state index contributed by atoms with van der Waals surface area (Å²) in [6, 6.07) is 0. The van der Waals surface area contributed by atoms with Crippen molar-refractivity contribution >= 4 is 34.5 Å². The minimum Gasteiger partial charge on any atom is -0.346 e. The molecule has 106 valence electrons. The molecule has 2 heterocycles. The van der Waals surface area contributed by atoms with E-state index < -0.39 is 0 Å². The lowest BCUT2D eigenvalue weighted by Gasteiger charge is -2.37. The van der Waals surface area contributed by atoms with Crippen LogP contribution < -0.4 is 4.90 Å². The standard InChI is InChI=1S/C14H22N2OS2/c1-13(2,3)11-10(8-17)19-12(15-11)16-6-7-18-14(4,5)9-16/h8H,6-7,9H2,1-5H3. The number of nitrogens with zero attached hydrogens (tertiary/aromatic N) is 2. The Bertz CT molecular complexity index is 474. The molecule has 1 aromatic heterocycles. The van der Waals surface area contributed by atoms with E-state index >= 15 is 0 Å². The molecule has 0 aromatic carbocycles. The van der Waals surface area contributed by atoms with Crippen LogP contribution >= 0.6 is 23.1 Å². The largest absolute Gasteiger partial charge is 0.346 e. The van der Waals surface area contributed by atoms with Gasteiger partial charge in [0.1, 0.15) is 0 Å². The molecule has 0 bridgehead atoms. The van der Waals surface area contributed by atoms with Gasteiger partial charge in [-0.05, 0) is 13.8 Å². The van der Waals surface area contributed by atoms with Crippen molar-refractivity contribution in [3.8, 4) is 0 Å². The first-order valence-electron chi connectivity index (χ1n) is 6.58. The Morgan fingerprint density at radius 2 is 2.05 bits per heavy atom. The molecular weight excluding hydrogens is 276 g/mol. The monoisotopic (exact) mass is 298 g/mol. The van der Waals surface area contributed by atoms with Gasteiger partial charge < -0.3 is 4.90 Å². The molecule has 19 heavy (non-hydrogen) atoms. The number of hydrogen-bond acceptors (Lipinski definition) is 5. The molecule has 0 spiro atoms. The first-order valence-corrected chi connectivity index (χ1v) is 8.38. The van der Waals surface area contributed by atoms with Crippen LogP contribution in [0.4, 0.5) is 5.13 Å². The lowest BCUT2D eigenvalue weighted by molar-refractivity contribution is 0.112. The maximum Gasteiger partial charge on any atom is 0.186 e. The van der Waals surface area contributed by atoms with Crippen molar-refractivity contribution < 1.29 is 4.79 Å². The highest BCUT2D eigenvalue weighted by Gasteiger charge is 2.30. The third kappa shape index (κ3) is 3.31. The quantitative estimate of drug-likeness (QED) is 0.781. The molecule has 1 aliphatic rings. The molecule has 0 aliphatic carbocycles. The summed E-state index contributed by atoms with van der Waals surface area (Å²) in [6.45, 7) is 12.9. The van der Waals surface area contributed by atoms with Crippen LogP contribution in [-0.2, 0) is 5.41 Å². The Morgan fingerprint density at radius 1 is 1.37 bits per heavy atom. The smallest absolute Gasteiger partial charge is 0.186 e. The van der Waals surface area contributed by atoms with Crippen molar-refractivity contribution in [3.63, 3.8) is 0 Å². The van der Waals surface area contributed by atoms with Gasteiger partial charge in [-0.3, -0.25) is 4.79 Å². The molecule has 3 nitrogen and oxygen atoms in total. The second-order valence-corrected chi connectivity index (χ2v) is 9.42. The van der Waals surface area contributed by atoms with Crippen LogP contribution in [-0.4, -0.2) is 34.9 Å². The Morgan fingerprint density at radius 3 is 2.53 bits per heavy atom. The van der Waals surface area contributed by atoms with Gasteiger partial charge in [-0.25, -0.2) is 4.98 Å². The SMILES string of the molecule is CC1(C)CN(c2nc(C(C)(C)C)c(C=O)s2)CCS1. The average Bonchev–Trinajstić information content (AvgIpc) is 2.71. The van der Waals surface area contributed by atoms with E-state index in [-0.39, 0.29) is 10.2 Å². The summed E-state index contributed by atoms with van der Waals surface area (Å²) in [5.74, 6) is 1.12. The number of thioether (sulfide) groups is 1. The van der Waals surface area contributed by atoms with Crippen LogP contribution in [0.5, 0.6) is 0 Å². The minimum atomic E-state index is -0.0783. The summed E-state index contributed by atoms with van der Waals surface area (Å²) in [5.41, 5.74) is 0.851. The summed E-state index contributed by atoms with van der Waals surface area (Å²) >= 11 is 3.54. The normalized spacial score (nSPS) is 19.5. The summed E-state index contributed by atoms with van der Waals surface area (Å²) in [5, 5.41) is 1.00. The van der Waals surface area contributed by atoms with E-state index in [1.165, 1.54) is 11.3 Å². The van der Waals surface area contributed by atoms with Crippen LogP contribution in [0.1, 0.15) is 50.0 Å². The van der Waals surface area contributed by atoms with Gasteiger partial charge in [0.25, 0.3) is 0 Å². The highest BCUT2D eigenvalue weighted by atomic mass is 32.2. The zero-order valence-electron chi connectivity index (χ0n) is 12.3. The Labute approximate surface area is 123 Å². The van der Waals surface area contributed by atoms with Crippen LogP contribution in [0.2, 0.25) is 0 Å². The fourth-order valence-corrected chi connectivity index (χ4v) is 4.48. The molecular formula is C14H22N2OS2. The van der Waals surface area contributed by atoms with Crippen molar-refractivity contribution in [2.75, 3.05) is 23.7 Å². The van der Waals surface area contributed by atoms with E-state index in [9.17, 15) is 4.79 Å². The molecule has 0 saturated carbocycles. The van der Waals surface area contributed by atoms with E-state index in [1.807, 2.05) is 11.8 Å². The van der Waals surface area contributed by atoms with Crippen molar-refractivity contribution in [2.24, 2.45) is 0 Å². The Balaban J connectivity index is 2.31. The summed E-state index contributed by atoms with van der Waals surface area (Å²) in [7, 11) is 0. The Hall–Kier alpha value is -0.550. The number of carbonyl (C=O) groups is 1. The fraction of sp³-hybridized carbons (Fsp3) is 0.714. The van der Waals surface area contributed by atoms with Gasteiger partial charge in [-0.2, -0.15) is 11.8 Å². The highest BCUT2D eigenvalue weighted by molar-refractivity contribution is 8.00. The van der Waals surface area contributed by atoms with Crippen LogP contribution in [0.15, 0.2) is 0 Å². The van der Waals surface area contributed by atoms with E-state index in [0.29, 0.717) is 0 Å². The van der Waals surface area contributed by atoms with Gasteiger partial charge in [-0.1, -0.05) is 32.1 Å². The molecule has 0 amide bonds. The molecule has 0 atom stereocenters. The molecule has 0 unspecified atom stereocenters. The van der Waals surface area contributed by atoms with E-state index in [2.05, 4.69) is 39.5 Å². The number of hydrogen-bond donors (Lipinski definition) is 0. The predicted octanol–water partition coefficient (Wildman–Crippen LogP) is 3.58. The predicted molar refractivity (Wildman–Crippen MR) is 85.0 cm³/mol. The summed E-state index contributed by atoms with van der Waals surface area (Å²) in [6.07, 6.45) is 0.950. The molecule has 1 saturated heterocycles. The molecule has 5 heteroatoms. The van der Waals surface area contributed by atoms with Gasteiger partial charge in [0.05, 0.1) is 10.6 Å². The number of anilines is 1. The van der Waals surface area contributed by atoms with Gasteiger partial charge >= 0.3 is 0 Å². The summed E-state index contributed by atoms with van der Waals surface area (Å²) < 4.78 is 0.257. The minimum absolute atomic E-state index is 0.0783. The number of thiazole rings is 1. The topological polar surface area (TPSA) is 33.2 Å². The lowest BCUT2D eigenvalue weighted by atomic mass is 9.91.